The summed E-state index contributed by atoms with van der Waals surface area (Å²) < 4.78 is 0. The first kappa shape index (κ1) is 36.2. The number of hydrogen-bond donors (Lipinski definition) is 3. The molecule has 2 atom stereocenters. The normalized spacial score (nSPS) is 12.8. The molecule has 0 heterocycles. The van der Waals surface area contributed by atoms with Crippen LogP contribution in [0.4, 0.5) is 0 Å². The van der Waals surface area contributed by atoms with Gasteiger partial charge in [-0.05, 0) is 80.8 Å². The number of carbonyl (C=O) groups excluding carboxylic acids is 3. The lowest BCUT2D eigenvalue weighted by Crippen LogP contribution is -2.55. The van der Waals surface area contributed by atoms with Gasteiger partial charge in [0.2, 0.25) is 17.7 Å². The molecule has 0 aliphatic carbocycles. The van der Waals surface area contributed by atoms with Crippen LogP contribution in [0.5, 0.6) is 0 Å². The summed E-state index contributed by atoms with van der Waals surface area (Å²) in [4.78, 5) is 44.2. The van der Waals surface area contributed by atoms with E-state index in [0.29, 0.717) is 38.8 Å². The first-order valence-corrected chi connectivity index (χ1v) is 16.1. The minimum Gasteiger partial charge on any atom is -0.354 e. The first-order valence-electron chi connectivity index (χ1n) is 16.1. The topological polar surface area (TPSA) is 122 Å². The molecule has 1 unspecified atom stereocenters. The summed E-state index contributed by atoms with van der Waals surface area (Å²) in [5.74, 6) is -0.816. The van der Waals surface area contributed by atoms with Gasteiger partial charge in [0, 0.05) is 32.6 Å². The van der Waals surface area contributed by atoms with Crippen molar-refractivity contribution < 1.29 is 14.4 Å². The molecule has 46 heavy (non-hydrogen) atoms. The van der Waals surface area contributed by atoms with Crippen LogP contribution in [0.1, 0.15) is 50.7 Å². The maximum Gasteiger partial charge on any atom is 0.246 e. The zero-order valence-corrected chi connectivity index (χ0v) is 27.8. The quantitative estimate of drug-likeness (QED) is 0.148. The van der Waals surface area contributed by atoms with Gasteiger partial charge in [0.1, 0.15) is 12.1 Å². The molecule has 246 valence electrons. The van der Waals surface area contributed by atoms with Crippen molar-refractivity contribution in [3.63, 3.8) is 0 Å². The second kappa shape index (κ2) is 18.0. The zero-order valence-electron chi connectivity index (χ0n) is 27.8. The Hall–Kier alpha value is -4.27. The Labute approximate surface area is 274 Å². The predicted octanol–water partition coefficient (Wildman–Crippen LogP) is 4.72. The summed E-state index contributed by atoms with van der Waals surface area (Å²) in [6, 6.07) is 26.5. The molecule has 0 bridgehead atoms. The molecular weight excluding hydrogens is 574 g/mol. The van der Waals surface area contributed by atoms with Crippen LogP contribution in [0.15, 0.2) is 97.1 Å². The van der Waals surface area contributed by atoms with Crippen LogP contribution in [0.3, 0.4) is 0 Å². The number of nitrogens with two attached hydrogens (primary N) is 2. The molecule has 0 aliphatic rings. The molecule has 8 heteroatoms. The highest BCUT2D eigenvalue weighted by atomic mass is 16.2. The summed E-state index contributed by atoms with van der Waals surface area (Å²) in [6.07, 6.45) is 6.65. The van der Waals surface area contributed by atoms with Crippen LogP contribution in [-0.4, -0.2) is 72.3 Å². The van der Waals surface area contributed by atoms with Crippen molar-refractivity contribution in [2.24, 2.45) is 11.5 Å². The fraction of sp³-hybridized carbons (Fsp3) is 0.395. The molecule has 0 aromatic heterocycles. The molecule has 0 fully saturated rings. The van der Waals surface area contributed by atoms with E-state index in [1.54, 1.807) is 20.2 Å². The summed E-state index contributed by atoms with van der Waals surface area (Å²) in [5.41, 5.74) is 15.4. The Morgan fingerprint density at radius 1 is 0.804 bits per heavy atom. The SMILES string of the molecule is CN(C(=O)[C@@H](Cc1ccc(-c2ccccc2)cc1)N(C)C(=O)/C=C/CC(C)(C)N)C(CCc1ccccc1)C(=O)NCCCCN. The highest BCUT2D eigenvalue weighted by Gasteiger charge is 2.34. The van der Waals surface area contributed by atoms with Crippen molar-refractivity contribution in [3.8, 4) is 11.1 Å². The molecule has 3 aromatic rings. The van der Waals surface area contributed by atoms with E-state index in [-0.39, 0.29) is 17.7 Å². The average Bonchev–Trinajstić information content (AvgIpc) is 3.05. The minimum absolute atomic E-state index is 0.214. The van der Waals surface area contributed by atoms with Gasteiger partial charge in [-0.3, -0.25) is 14.4 Å². The smallest absolute Gasteiger partial charge is 0.246 e. The third kappa shape index (κ3) is 11.6. The Morgan fingerprint density at radius 3 is 2.02 bits per heavy atom. The van der Waals surface area contributed by atoms with Gasteiger partial charge >= 0.3 is 0 Å². The van der Waals surface area contributed by atoms with Crippen LogP contribution in [-0.2, 0) is 27.2 Å². The van der Waals surface area contributed by atoms with Gasteiger partial charge in [0.15, 0.2) is 0 Å². The van der Waals surface area contributed by atoms with Crippen LogP contribution in [0, 0.1) is 0 Å². The van der Waals surface area contributed by atoms with Crippen molar-refractivity contribution >= 4 is 17.7 Å². The van der Waals surface area contributed by atoms with Crippen LogP contribution >= 0.6 is 0 Å². The Morgan fingerprint density at radius 2 is 1.41 bits per heavy atom. The molecule has 0 saturated heterocycles. The largest absolute Gasteiger partial charge is 0.354 e. The molecule has 8 nitrogen and oxygen atoms in total. The summed E-state index contributed by atoms with van der Waals surface area (Å²) in [7, 11) is 3.30. The van der Waals surface area contributed by atoms with E-state index >= 15 is 0 Å². The molecule has 0 spiro atoms. The molecule has 3 aromatic carbocycles. The molecule has 0 radical (unpaired) electrons. The summed E-state index contributed by atoms with van der Waals surface area (Å²) >= 11 is 0. The number of rotatable bonds is 17. The van der Waals surface area contributed by atoms with E-state index in [1.165, 1.54) is 15.9 Å². The van der Waals surface area contributed by atoms with Crippen LogP contribution < -0.4 is 16.8 Å². The Bertz CT molecular complexity index is 1400. The molecule has 3 rings (SSSR count). The summed E-state index contributed by atoms with van der Waals surface area (Å²) in [6.45, 7) is 4.82. The number of benzene rings is 3. The number of hydrogen-bond acceptors (Lipinski definition) is 5. The maximum absolute atomic E-state index is 14.3. The lowest BCUT2D eigenvalue weighted by molar-refractivity contribution is -0.146. The van der Waals surface area contributed by atoms with Crippen molar-refractivity contribution in [1.82, 2.24) is 15.1 Å². The average molecular weight is 626 g/mol. The number of nitrogens with one attached hydrogen (secondary N) is 1. The van der Waals surface area contributed by atoms with E-state index in [4.69, 9.17) is 11.5 Å². The van der Waals surface area contributed by atoms with E-state index < -0.39 is 17.6 Å². The highest BCUT2D eigenvalue weighted by molar-refractivity contribution is 5.95. The number of nitrogens with zero attached hydrogens (tertiary/aromatic N) is 2. The monoisotopic (exact) mass is 625 g/mol. The zero-order chi connectivity index (χ0) is 33.5. The second-order valence-electron chi connectivity index (χ2n) is 12.6. The maximum atomic E-state index is 14.3. The molecular formula is C38H51N5O3. The lowest BCUT2D eigenvalue weighted by atomic mass is 9.98. The number of unbranched alkanes of at least 4 members (excludes halogenated alkanes) is 1. The van der Waals surface area contributed by atoms with Gasteiger partial charge in [0.05, 0.1) is 0 Å². The van der Waals surface area contributed by atoms with E-state index in [0.717, 1.165) is 35.1 Å². The van der Waals surface area contributed by atoms with Gasteiger partial charge in [-0.15, -0.1) is 0 Å². The molecule has 5 N–H and O–H groups in total. The third-order valence-electron chi connectivity index (χ3n) is 8.09. The van der Waals surface area contributed by atoms with Gasteiger partial charge in [0.25, 0.3) is 0 Å². The van der Waals surface area contributed by atoms with Crippen LogP contribution in [0.25, 0.3) is 11.1 Å². The van der Waals surface area contributed by atoms with Gasteiger partial charge < -0.3 is 26.6 Å². The standard InChI is InChI=1S/C38H51N5O3/c1-38(2,40)25-13-18-35(44)42(3)34(28-30-19-22-32(23-20-30)31-16-9-6-10-17-31)37(46)43(4)33(36(45)41-27-12-11-26-39)24-21-29-14-7-5-8-15-29/h5-10,13-20,22-23,33-34H,11-12,21,24-28,39-40H2,1-4H3,(H,41,45)/b18-13+/t33?,34-/m1/s1. The fourth-order valence-corrected chi connectivity index (χ4v) is 5.25. The van der Waals surface area contributed by atoms with Crippen molar-refractivity contribution in [2.45, 2.75) is 70.0 Å². The van der Waals surface area contributed by atoms with Crippen molar-refractivity contribution in [1.29, 1.82) is 0 Å². The number of amides is 3. The molecule has 3 amide bonds. The number of carbonyl (C=O) groups is 3. The Balaban J connectivity index is 1.88. The first-order chi connectivity index (χ1) is 22.0. The number of aryl methyl sites for hydroxylation is 1. The van der Waals surface area contributed by atoms with Gasteiger partial charge in [-0.2, -0.15) is 0 Å². The molecule has 0 aliphatic heterocycles. The highest BCUT2D eigenvalue weighted by Crippen LogP contribution is 2.22. The second-order valence-corrected chi connectivity index (χ2v) is 12.6. The number of likely N-dealkylation sites (N-methyl/N-ethyl adjacent to an activating group) is 2. The fourth-order valence-electron chi connectivity index (χ4n) is 5.25. The van der Waals surface area contributed by atoms with Crippen molar-refractivity contribution in [2.75, 3.05) is 27.2 Å². The van der Waals surface area contributed by atoms with Crippen LogP contribution in [0.2, 0.25) is 0 Å². The summed E-state index contributed by atoms with van der Waals surface area (Å²) in [5, 5.41) is 3.00. The van der Waals surface area contributed by atoms with Gasteiger partial charge in [-0.25, -0.2) is 0 Å². The van der Waals surface area contributed by atoms with E-state index in [9.17, 15) is 14.4 Å². The molecule has 0 saturated carbocycles. The predicted molar refractivity (Wildman–Crippen MR) is 187 cm³/mol. The van der Waals surface area contributed by atoms with Crippen molar-refractivity contribution in [3.05, 3.63) is 108 Å². The lowest BCUT2D eigenvalue weighted by Gasteiger charge is -2.34. The van der Waals surface area contributed by atoms with E-state index in [1.807, 2.05) is 98.8 Å². The van der Waals surface area contributed by atoms with Gasteiger partial charge in [-0.1, -0.05) is 91.0 Å². The third-order valence-corrected chi connectivity index (χ3v) is 8.09. The Kier molecular flexibility index (Phi) is 14.2. The minimum atomic E-state index is -0.833. The van der Waals surface area contributed by atoms with E-state index in [2.05, 4.69) is 5.32 Å².